The smallest absolute Gasteiger partial charge is 0.185 e. The summed E-state index contributed by atoms with van der Waals surface area (Å²) >= 11 is 0. The standard InChI is InChI=1S/C18H21N7O/c1(6-10-17-21-24-25-22-17)2-7-13-26-23-18(15-8-4-3-5-9-15)16-11-12-19-20-14-16/h3-5,8-9,11-12,14,17H,1-2,6-7,10,13H2/b23-18-. The molecule has 0 fully saturated rings. The molecule has 0 atom stereocenters. The van der Waals surface area contributed by atoms with Gasteiger partial charge in [0, 0.05) is 11.1 Å². The molecule has 2 heterocycles. The van der Waals surface area contributed by atoms with Crippen LogP contribution in [0.1, 0.15) is 43.2 Å². The molecule has 0 radical (unpaired) electrons. The summed E-state index contributed by atoms with van der Waals surface area (Å²) in [6.07, 6.45) is 8.36. The number of rotatable bonds is 10. The second kappa shape index (κ2) is 10.1. The minimum atomic E-state index is -0.0711. The lowest BCUT2D eigenvalue weighted by atomic mass is 10.1. The third-order valence-corrected chi connectivity index (χ3v) is 3.92. The third-order valence-electron chi connectivity index (χ3n) is 3.92. The van der Waals surface area contributed by atoms with Crippen LogP contribution in [-0.4, -0.2) is 28.7 Å². The molecule has 0 unspecified atom stereocenters. The molecule has 2 aromatic rings. The van der Waals surface area contributed by atoms with Crippen LogP contribution in [0.5, 0.6) is 0 Å². The van der Waals surface area contributed by atoms with Crippen LogP contribution < -0.4 is 0 Å². The zero-order chi connectivity index (χ0) is 17.9. The molecule has 0 saturated carbocycles. The Morgan fingerprint density at radius 3 is 2.46 bits per heavy atom. The van der Waals surface area contributed by atoms with E-state index in [-0.39, 0.29) is 6.17 Å². The van der Waals surface area contributed by atoms with Crippen molar-refractivity contribution in [1.29, 1.82) is 0 Å². The highest BCUT2D eigenvalue weighted by Crippen LogP contribution is 2.14. The van der Waals surface area contributed by atoms with Crippen LogP contribution in [0.15, 0.2) is 74.6 Å². The quantitative estimate of drug-likeness (QED) is 0.361. The van der Waals surface area contributed by atoms with E-state index in [1.807, 2.05) is 36.4 Å². The van der Waals surface area contributed by atoms with Crippen molar-refractivity contribution < 1.29 is 4.84 Å². The van der Waals surface area contributed by atoms with E-state index in [1.165, 1.54) is 0 Å². The van der Waals surface area contributed by atoms with Gasteiger partial charge in [-0.25, -0.2) is 0 Å². The Bertz CT molecular complexity index is 693. The van der Waals surface area contributed by atoms with Gasteiger partial charge in [-0.2, -0.15) is 10.2 Å². The van der Waals surface area contributed by atoms with Crippen molar-refractivity contribution in [2.75, 3.05) is 6.61 Å². The van der Waals surface area contributed by atoms with Crippen LogP contribution in [0.2, 0.25) is 0 Å². The Morgan fingerprint density at radius 2 is 1.69 bits per heavy atom. The fourth-order valence-corrected chi connectivity index (χ4v) is 2.56. The van der Waals surface area contributed by atoms with Gasteiger partial charge in [0.2, 0.25) is 0 Å². The summed E-state index contributed by atoms with van der Waals surface area (Å²) in [5, 5.41) is 26.9. The number of aromatic nitrogens is 2. The maximum Gasteiger partial charge on any atom is 0.185 e. The molecular weight excluding hydrogens is 330 g/mol. The molecule has 134 valence electrons. The SMILES string of the molecule is c1ccc(/C(=N/OCCCCCCC2N=NN=N2)c2ccnnc2)cc1. The molecule has 26 heavy (non-hydrogen) atoms. The van der Waals surface area contributed by atoms with Gasteiger partial charge in [-0.1, -0.05) is 41.9 Å². The minimum Gasteiger partial charge on any atom is -0.395 e. The predicted octanol–water partition coefficient (Wildman–Crippen LogP) is 4.36. The Kier molecular flexibility index (Phi) is 6.89. The molecule has 1 aliphatic rings. The Hall–Kier alpha value is -3.03. The highest BCUT2D eigenvalue weighted by atomic mass is 16.6. The van der Waals surface area contributed by atoms with Crippen LogP contribution >= 0.6 is 0 Å². The van der Waals surface area contributed by atoms with E-state index in [1.54, 1.807) is 12.4 Å². The highest BCUT2D eigenvalue weighted by molar-refractivity contribution is 6.12. The van der Waals surface area contributed by atoms with Crippen LogP contribution in [-0.2, 0) is 4.84 Å². The van der Waals surface area contributed by atoms with Crippen LogP contribution in [0.25, 0.3) is 0 Å². The fourth-order valence-electron chi connectivity index (χ4n) is 2.56. The van der Waals surface area contributed by atoms with Crippen LogP contribution in [0, 0.1) is 0 Å². The van der Waals surface area contributed by atoms with E-state index in [0.717, 1.165) is 48.9 Å². The van der Waals surface area contributed by atoms with Gasteiger partial charge in [0.25, 0.3) is 0 Å². The molecule has 1 aromatic heterocycles. The maximum absolute atomic E-state index is 5.56. The van der Waals surface area contributed by atoms with E-state index in [4.69, 9.17) is 4.84 Å². The van der Waals surface area contributed by atoms with Gasteiger partial charge < -0.3 is 4.84 Å². The zero-order valence-corrected chi connectivity index (χ0v) is 14.5. The summed E-state index contributed by atoms with van der Waals surface area (Å²) in [6.45, 7) is 0.581. The van der Waals surface area contributed by atoms with Crippen molar-refractivity contribution in [3.63, 3.8) is 0 Å². The predicted molar refractivity (Wildman–Crippen MR) is 96.7 cm³/mol. The zero-order valence-electron chi connectivity index (χ0n) is 14.5. The molecule has 1 aromatic carbocycles. The molecule has 3 rings (SSSR count). The second-order valence-corrected chi connectivity index (χ2v) is 5.86. The molecule has 0 N–H and O–H groups in total. The summed E-state index contributed by atoms with van der Waals surface area (Å²) in [7, 11) is 0. The van der Waals surface area contributed by atoms with Crippen molar-refractivity contribution in [3.8, 4) is 0 Å². The molecule has 8 heteroatoms. The first kappa shape index (κ1) is 17.8. The maximum atomic E-state index is 5.56. The summed E-state index contributed by atoms with van der Waals surface area (Å²) in [5.74, 6) is 0. The topological polar surface area (TPSA) is 96.8 Å². The number of benzene rings is 1. The normalized spacial score (nSPS) is 14.1. The minimum absolute atomic E-state index is 0.0711. The average Bonchev–Trinajstić information content (AvgIpc) is 3.22. The number of unbranched alkanes of at least 4 members (excludes halogenated alkanes) is 3. The third kappa shape index (κ3) is 5.51. The monoisotopic (exact) mass is 351 g/mol. The lowest BCUT2D eigenvalue weighted by Crippen LogP contribution is -2.05. The van der Waals surface area contributed by atoms with E-state index >= 15 is 0 Å². The lowest BCUT2D eigenvalue weighted by Gasteiger charge is -2.07. The molecule has 0 aliphatic carbocycles. The first-order chi connectivity index (χ1) is 12.9. The Morgan fingerprint density at radius 1 is 0.885 bits per heavy atom. The van der Waals surface area contributed by atoms with Crippen molar-refractivity contribution in [3.05, 3.63) is 59.9 Å². The molecular formula is C18H21N7O. The number of oxime groups is 1. The van der Waals surface area contributed by atoms with Gasteiger partial charge in [0.15, 0.2) is 6.17 Å². The van der Waals surface area contributed by atoms with Crippen molar-refractivity contribution in [2.24, 2.45) is 25.8 Å². The van der Waals surface area contributed by atoms with Gasteiger partial charge in [0.1, 0.15) is 12.3 Å². The van der Waals surface area contributed by atoms with Gasteiger partial charge >= 0.3 is 0 Å². The van der Waals surface area contributed by atoms with E-state index in [2.05, 4.69) is 36.0 Å². The molecule has 0 spiro atoms. The molecule has 0 amide bonds. The van der Waals surface area contributed by atoms with E-state index < -0.39 is 0 Å². The van der Waals surface area contributed by atoms with Crippen LogP contribution in [0.3, 0.4) is 0 Å². The molecule has 0 saturated heterocycles. The summed E-state index contributed by atoms with van der Waals surface area (Å²) in [6, 6.07) is 11.8. The van der Waals surface area contributed by atoms with Gasteiger partial charge in [-0.05, 0) is 42.2 Å². The fraction of sp³-hybridized carbons (Fsp3) is 0.389. The molecule has 0 bridgehead atoms. The van der Waals surface area contributed by atoms with E-state index in [9.17, 15) is 0 Å². The summed E-state index contributed by atoms with van der Waals surface area (Å²) < 4.78 is 0. The Labute approximate surface area is 152 Å². The second-order valence-electron chi connectivity index (χ2n) is 5.86. The van der Waals surface area contributed by atoms with Crippen molar-refractivity contribution in [2.45, 2.75) is 38.3 Å². The largest absolute Gasteiger partial charge is 0.395 e. The Balaban J connectivity index is 1.43. The van der Waals surface area contributed by atoms with Gasteiger partial charge in [-0.3, -0.25) is 0 Å². The van der Waals surface area contributed by atoms with Crippen molar-refractivity contribution in [1.82, 2.24) is 10.2 Å². The van der Waals surface area contributed by atoms with Crippen LogP contribution in [0.4, 0.5) is 0 Å². The first-order valence-corrected chi connectivity index (χ1v) is 8.76. The first-order valence-electron chi connectivity index (χ1n) is 8.76. The number of hydrogen-bond donors (Lipinski definition) is 0. The lowest BCUT2D eigenvalue weighted by molar-refractivity contribution is 0.140. The number of nitrogens with zero attached hydrogens (tertiary/aromatic N) is 7. The van der Waals surface area contributed by atoms with E-state index in [0.29, 0.717) is 6.61 Å². The van der Waals surface area contributed by atoms with Gasteiger partial charge in [-0.15, -0.1) is 10.2 Å². The highest BCUT2D eigenvalue weighted by Gasteiger charge is 2.09. The molecule has 1 aliphatic heterocycles. The summed E-state index contributed by atoms with van der Waals surface area (Å²) in [5.41, 5.74) is 2.63. The summed E-state index contributed by atoms with van der Waals surface area (Å²) in [4.78, 5) is 5.56. The number of hydrogen-bond acceptors (Lipinski definition) is 8. The molecule has 8 nitrogen and oxygen atoms in total. The van der Waals surface area contributed by atoms with Crippen molar-refractivity contribution >= 4 is 5.71 Å². The average molecular weight is 351 g/mol. The van der Waals surface area contributed by atoms with Gasteiger partial charge in [0.05, 0.1) is 12.4 Å².